The lowest BCUT2D eigenvalue weighted by Gasteiger charge is -2.38. The number of fused-ring (bicyclic) bond motifs is 1. The lowest BCUT2D eigenvalue weighted by atomic mass is 9.81. The SMILES string of the molecule is Cn1c(=O)n(CC2CCC(C(=O)N3CCN(c4ccc(F)nc4)CC3)CC2)c2cc(O)ccc21. The number of aryl methyl sites for hydroxylation is 1. The van der Waals surface area contributed by atoms with E-state index in [1.807, 2.05) is 4.90 Å². The van der Waals surface area contributed by atoms with Crippen LogP contribution in [0.4, 0.5) is 10.1 Å². The third-order valence-corrected chi connectivity index (χ3v) is 7.43. The minimum Gasteiger partial charge on any atom is -0.508 e. The van der Waals surface area contributed by atoms with Crippen LogP contribution in [0.1, 0.15) is 25.7 Å². The van der Waals surface area contributed by atoms with E-state index in [0.29, 0.717) is 38.6 Å². The molecule has 0 radical (unpaired) electrons. The summed E-state index contributed by atoms with van der Waals surface area (Å²) < 4.78 is 16.4. The highest BCUT2D eigenvalue weighted by atomic mass is 19.1. The number of anilines is 1. The van der Waals surface area contributed by atoms with Crippen molar-refractivity contribution in [2.45, 2.75) is 32.2 Å². The average Bonchev–Trinajstić information content (AvgIpc) is 3.09. The van der Waals surface area contributed by atoms with Crippen LogP contribution < -0.4 is 10.6 Å². The number of aromatic hydroxyl groups is 1. The van der Waals surface area contributed by atoms with Gasteiger partial charge in [0.25, 0.3) is 0 Å². The fraction of sp³-hybridized carbons (Fsp3) is 0.480. The summed E-state index contributed by atoms with van der Waals surface area (Å²) in [4.78, 5) is 33.7. The molecule has 0 bridgehead atoms. The highest BCUT2D eigenvalue weighted by Crippen LogP contribution is 2.32. The van der Waals surface area contributed by atoms with E-state index in [4.69, 9.17) is 0 Å². The number of piperazine rings is 1. The second kappa shape index (κ2) is 9.12. The Morgan fingerprint density at radius 1 is 1.06 bits per heavy atom. The zero-order valence-electron chi connectivity index (χ0n) is 19.4. The zero-order valence-corrected chi connectivity index (χ0v) is 19.4. The van der Waals surface area contributed by atoms with Crippen LogP contribution in [0.5, 0.6) is 5.75 Å². The Kier molecular flexibility index (Phi) is 6.02. The Morgan fingerprint density at radius 3 is 2.47 bits per heavy atom. The van der Waals surface area contributed by atoms with Crippen LogP contribution in [0.3, 0.4) is 0 Å². The standard InChI is InChI=1S/C25H30FN5O3/c1-28-21-8-7-20(32)14-22(21)31(25(28)34)16-17-2-4-18(5-3-17)24(33)30-12-10-29(11-13-30)19-6-9-23(26)27-15-19/h6-9,14-15,17-18,32H,2-5,10-13,16H2,1H3. The molecule has 9 heteroatoms. The minimum atomic E-state index is -0.489. The smallest absolute Gasteiger partial charge is 0.328 e. The number of carbonyl (C=O) groups is 1. The number of aromatic nitrogens is 3. The van der Waals surface area contributed by atoms with Crippen LogP contribution in [0, 0.1) is 17.8 Å². The molecule has 1 amide bonds. The molecule has 1 saturated heterocycles. The van der Waals surface area contributed by atoms with Crippen molar-refractivity contribution in [1.82, 2.24) is 19.0 Å². The quantitative estimate of drug-likeness (QED) is 0.597. The Labute approximate surface area is 197 Å². The third-order valence-electron chi connectivity index (χ3n) is 7.43. The second-order valence-corrected chi connectivity index (χ2v) is 9.49. The van der Waals surface area contributed by atoms with Crippen LogP contribution in [0.2, 0.25) is 0 Å². The molecule has 0 unspecified atom stereocenters. The van der Waals surface area contributed by atoms with Crippen LogP contribution in [0.15, 0.2) is 41.3 Å². The summed E-state index contributed by atoms with van der Waals surface area (Å²) in [5, 5.41) is 9.88. The molecule has 180 valence electrons. The van der Waals surface area contributed by atoms with Crippen molar-refractivity contribution in [3.05, 3.63) is 53.0 Å². The van der Waals surface area contributed by atoms with Crippen molar-refractivity contribution in [3.8, 4) is 5.75 Å². The number of benzene rings is 1. The second-order valence-electron chi connectivity index (χ2n) is 9.49. The van der Waals surface area contributed by atoms with Gasteiger partial charge in [0, 0.05) is 51.8 Å². The summed E-state index contributed by atoms with van der Waals surface area (Å²) in [6.07, 6.45) is 5.00. The maximum absolute atomic E-state index is 13.1. The molecule has 0 spiro atoms. The van der Waals surface area contributed by atoms with Gasteiger partial charge in [-0.05, 0) is 55.9 Å². The van der Waals surface area contributed by atoms with Gasteiger partial charge in [-0.25, -0.2) is 9.78 Å². The van der Waals surface area contributed by atoms with Gasteiger partial charge in [-0.15, -0.1) is 0 Å². The molecular weight excluding hydrogens is 437 g/mol. The summed E-state index contributed by atoms with van der Waals surface area (Å²) >= 11 is 0. The van der Waals surface area contributed by atoms with E-state index in [1.165, 1.54) is 12.3 Å². The van der Waals surface area contributed by atoms with E-state index in [-0.39, 0.29) is 23.3 Å². The minimum absolute atomic E-state index is 0.0311. The van der Waals surface area contributed by atoms with E-state index in [9.17, 15) is 19.1 Å². The molecule has 5 rings (SSSR count). The molecule has 1 saturated carbocycles. The first-order valence-corrected chi connectivity index (χ1v) is 11.9. The number of pyridine rings is 1. The number of nitrogens with zero attached hydrogens (tertiary/aromatic N) is 5. The number of halogens is 1. The van der Waals surface area contributed by atoms with Gasteiger partial charge in [-0.2, -0.15) is 4.39 Å². The molecule has 34 heavy (non-hydrogen) atoms. The molecule has 3 heterocycles. The first-order chi connectivity index (χ1) is 16.4. The monoisotopic (exact) mass is 467 g/mol. The lowest BCUT2D eigenvalue weighted by Crippen LogP contribution is -2.50. The molecule has 8 nitrogen and oxygen atoms in total. The molecule has 1 aromatic carbocycles. The van der Waals surface area contributed by atoms with Crippen molar-refractivity contribution in [3.63, 3.8) is 0 Å². The average molecular weight is 468 g/mol. The van der Waals surface area contributed by atoms with Gasteiger partial charge in [0.1, 0.15) is 5.75 Å². The summed E-state index contributed by atoms with van der Waals surface area (Å²) in [6, 6.07) is 8.10. The Bertz CT molecular complexity index is 1240. The molecule has 1 N–H and O–H groups in total. The number of amides is 1. The van der Waals surface area contributed by atoms with Gasteiger partial charge in [-0.3, -0.25) is 13.9 Å². The molecule has 2 aliphatic rings. The van der Waals surface area contributed by atoms with Crippen LogP contribution in [0.25, 0.3) is 11.0 Å². The van der Waals surface area contributed by atoms with Crippen molar-refractivity contribution < 1.29 is 14.3 Å². The van der Waals surface area contributed by atoms with Gasteiger partial charge >= 0.3 is 5.69 Å². The van der Waals surface area contributed by atoms with Crippen LogP contribution in [-0.2, 0) is 18.4 Å². The van der Waals surface area contributed by atoms with E-state index in [2.05, 4.69) is 9.88 Å². The van der Waals surface area contributed by atoms with Gasteiger partial charge < -0.3 is 14.9 Å². The largest absolute Gasteiger partial charge is 0.508 e. The van der Waals surface area contributed by atoms with Crippen LogP contribution in [-0.4, -0.2) is 56.2 Å². The number of carbonyl (C=O) groups excluding carboxylic acids is 1. The summed E-state index contributed by atoms with van der Waals surface area (Å²) in [5.74, 6) is 0.247. The number of hydrogen-bond donors (Lipinski definition) is 1. The molecule has 1 aliphatic carbocycles. The maximum atomic E-state index is 13.1. The molecule has 3 aromatic rings. The van der Waals surface area contributed by atoms with Gasteiger partial charge in [0.15, 0.2) is 0 Å². The molecule has 0 atom stereocenters. The van der Waals surface area contributed by atoms with Crippen molar-refractivity contribution in [2.75, 3.05) is 31.1 Å². The zero-order chi connectivity index (χ0) is 23.8. The normalized spacial score (nSPS) is 21.2. The summed E-state index contributed by atoms with van der Waals surface area (Å²) in [6.45, 7) is 3.34. The highest BCUT2D eigenvalue weighted by Gasteiger charge is 2.31. The van der Waals surface area contributed by atoms with E-state index in [0.717, 1.165) is 42.4 Å². The van der Waals surface area contributed by atoms with Crippen molar-refractivity contribution >= 4 is 22.6 Å². The molecular formula is C25H30FN5O3. The molecule has 2 aromatic heterocycles. The van der Waals surface area contributed by atoms with Crippen molar-refractivity contribution in [1.29, 1.82) is 0 Å². The fourth-order valence-corrected chi connectivity index (χ4v) is 5.42. The predicted octanol–water partition coefficient (Wildman–Crippen LogP) is 2.73. The Morgan fingerprint density at radius 2 is 1.79 bits per heavy atom. The number of phenolic OH excluding ortho intramolecular Hbond substituents is 1. The number of hydrogen-bond acceptors (Lipinski definition) is 5. The first-order valence-electron chi connectivity index (χ1n) is 11.9. The van der Waals surface area contributed by atoms with Crippen molar-refractivity contribution in [2.24, 2.45) is 18.9 Å². The Hall–Kier alpha value is -3.36. The summed E-state index contributed by atoms with van der Waals surface area (Å²) in [7, 11) is 1.75. The van der Waals surface area contributed by atoms with Gasteiger partial charge in [0.05, 0.1) is 22.9 Å². The molecule has 2 fully saturated rings. The first kappa shape index (κ1) is 22.4. The van der Waals surface area contributed by atoms with E-state index in [1.54, 1.807) is 40.4 Å². The Balaban J connectivity index is 1.16. The number of imidazole rings is 1. The number of phenols is 1. The highest BCUT2D eigenvalue weighted by molar-refractivity contribution is 5.79. The lowest BCUT2D eigenvalue weighted by molar-refractivity contribution is -0.137. The van der Waals surface area contributed by atoms with E-state index >= 15 is 0 Å². The molecule has 1 aliphatic heterocycles. The third kappa shape index (κ3) is 4.26. The van der Waals surface area contributed by atoms with E-state index < -0.39 is 5.95 Å². The van der Waals surface area contributed by atoms with Crippen LogP contribution >= 0.6 is 0 Å². The number of rotatable bonds is 4. The predicted molar refractivity (Wildman–Crippen MR) is 127 cm³/mol. The topological polar surface area (TPSA) is 83.6 Å². The summed E-state index contributed by atoms with van der Waals surface area (Å²) in [5.41, 5.74) is 2.36. The fourth-order valence-electron chi connectivity index (χ4n) is 5.42. The van der Waals surface area contributed by atoms with Gasteiger partial charge in [0.2, 0.25) is 11.9 Å². The maximum Gasteiger partial charge on any atom is 0.328 e. The van der Waals surface area contributed by atoms with Gasteiger partial charge in [-0.1, -0.05) is 0 Å².